The van der Waals surface area contributed by atoms with Gasteiger partial charge in [-0.05, 0) is 38.3 Å². The molecule has 2 N–H and O–H groups in total. The molecule has 0 aromatic carbocycles. The normalized spacial score (nSPS) is 22.0. The molecule has 1 aromatic rings. The first-order valence-electron chi connectivity index (χ1n) is 6.27. The highest BCUT2D eigenvalue weighted by atomic mass is 16.5. The fourth-order valence-electron chi connectivity index (χ4n) is 2.70. The van der Waals surface area contributed by atoms with Gasteiger partial charge in [-0.15, -0.1) is 0 Å². The summed E-state index contributed by atoms with van der Waals surface area (Å²) in [6.07, 6.45) is 4.68. The Morgan fingerprint density at radius 2 is 2.19 bits per heavy atom. The molecule has 3 heterocycles. The summed E-state index contributed by atoms with van der Waals surface area (Å²) in [4.78, 5) is 0. The number of nitrogens with zero attached hydrogens (tertiary/aromatic N) is 1. The Balaban J connectivity index is 1.71. The summed E-state index contributed by atoms with van der Waals surface area (Å²) in [5.74, 6) is 0.801. The molecule has 0 atom stereocenters. The van der Waals surface area contributed by atoms with Gasteiger partial charge in [0.2, 0.25) is 0 Å². The molecule has 0 unspecified atom stereocenters. The van der Waals surface area contributed by atoms with Crippen LogP contribution in [0.4, 0.5) is 0 Å². The van der Waals surface area contributed by atoms with Crippen LogP contribution in [0.2, 0.25) is 0 Å². The SMILES string of the molecule is C1CC(Cc2n[nH]c3c2COCC3)CCN1. The van der Waals surface area contributed by atoms with Gasteiger partial charge in [0.15, 0.2) is 0 Å². The van der Waals surface area contributed by atoms with E-state index >= 15 is 0 Å². The number of H-pyrrole nitrogens is 1. The van der Waals surface area contributed by atoms with Crippen LogP contribution in [0.25, 0.3) is 0 Å². The molecule has 0 spiro atoms. The highest BCUT2D eigenvalue weighted by Crippen LogP contribution is 2.23. The Morgan fingerprint density at radius 1 is 1.31 bits per heavy atom. The fourth-order valence-corrected chi connectivity index (χ4v) is 2.70. The number of nitrogens with one attached hydrogen (secondary N) is 2. The van der Waals surface area contributed by atoms with E-state index < -0.39 is 0 Å². The molecule has 0 saturated carbocycles. The Labute approximate surface area is 95.8 Å². The molecule has 4 nitrogen and oxygen atoms in total. The maximum atomic E-state index is 5.51. The van der Waals surface area contributed by atoms with Gasteiger partial charge in [0, 0.05) is 17.7 Å². The van der Waals surface area contributed by atoms with Crippen LogP contribution in [0, 0.1) is 5.92 Å². The average Bonchev–Trinajstić information content (AvgIpc) is 2.74. The number of piperidine rings is 1. The van der Waals surface area contributed by atoms with Crippen molar-refractivity contribution in [2.24, 2.45) is 5.92 Å². The zero-order chi connectivity index (χ0) is 10.8. The lowest BCUT2D eigenvalue weighted by molar-refractivity contribution is 0.109. The van der Waals surface area contributed by atoms with Crippen LogP contribution in [0.1, 0.15) is 29.8 Å². The topological polar surface area (TPSA) is 49.9 Å². The molecule has 0 bridgehead atoms. The van der Waals surface area contributed by atoms with E-state index in [0.717, 1.165) is 45.1 Å². The predicted octanol–water partition coefficient (Wildman–Crippen LogP) is 1.02. The minimum atomic E-state index is 0.756. The highest BCUT2D eigenvalue weighted by molar-refractivity contribution is 5.26. The van der Waals surface area contributed by atoms with Crippen LogP contribution in [0.5, 0.6) is 0 Å². The van der Waals surface area contributed by atoms with E-state index in [1.807, 2.05) is 0 Å². The van der Waals surface area contributed by atoms with Crippen molar-refractivity contribution in [3.05, 3.63) is 17.0 Å². The second kappa shape index (κ2) is 4.55. The van der Waals surface area contributed by atoms with Crippen LogP contribution in [0.3, 0.4) is 0 Å². The van der Waals surface area contributed by atoms with Gasteiger partial charge < -0.3 is 10.1 Å². The molecule has 0 aliphatic carbocycles. The van der Waals surface area contributed by atoms with E-state index in [-0.39, 0.29) is 0 Å². The minimum Gasteiger partial charge on any atom is -0.376 e. The monoisotopic (exact) mass is 221 g/mol. The Hall–Kier alpha value is -0.870. The summed E-state index contributed by atoms with van der Waals surface area (Å²) < 4.78 is 5.51. The molecule has 2 aliphatic heterocycles. The lowest BCUT2D eigenvalue weighted by Crippen LogP contribution is -2.29. The molecule has 1 aromatic heterocycles. The summed E-state index contributed by atoms with van der Waals surface area (Å²) in [6.45, 7) is 3.91. The smallest absolute Gasteiger partial charge is 0.0753 e. The van der Waals surface area contributed by atoms with E-state index in [1.54, 1.807) is 0 Å². The molecule has 88 valence electrons. The van der Waals surface area contributed by atoms with Crippen LogP contribution in [-0.2, 0) is 24.2 Å². The van der Waals surface area contributed by atoms with E-state index in [9.17, 15) is 0 Å². The average molecular weight is 221 g/mol. The minimum absolute atomic E-state index is 0.756. The second-order valence-electron chi connectivity index (χ2n) is 4.83. The first-order chi connectivity index (χ1) is 7.93. The van der Waals surface area contributed by atoms with Crippen LogP contribution < -0.4 is 5.32 Å². The summed E-state index contributed by atoms with van der Waals surface area (Å²) in [5, 5.41) is 11.0. The molecule has 2 aliphatic rings. The second-order valence-corrected chi connectivity index (χ2v) is 4.83. The van der Waals surface area contributed by atoms with E-state index in [2.05, 4.69) is 15.5 Å². The van der Waals surface area contributed by atoms with Crippen LogP contribution >= 0.6 is 0 Å². The number of aromatic nitrogens is 2. The molecule has 16 heavy (non-hydrogen) atoms. The van der Waals surface area contributed by atoms with Crippen molar-refractivity contribution in [2.45, 2.75) is 32.3 Å². The molecule has 1 fully saturated rings. The van der Waals surface area contributed by atoms with E-state index in [1.165, 1.54) is 29.8 Å². The van der Waals surface area contributed by atoms with Gasteiger partial charge >= 0.3 is 0 Å². The largest absolute Gasteiger partial charge is 0.376 e. The third-order valence-electron chi connectivity index (χ3n) is 3.72. The summed E-state index contributed by atoms with van der Waals surface area (Å²) in [5.41, 5.74) is 3.89. The van der Waals surface area contributed by atoms with Gasteiger partial charge in [0.05, 0.1) is 18.9 Å². The molecule has 1 saturated heterocycles. The first-order valence-corrected chi connectivity index (χ1v) is 6.27. The van der Waals surface area contributed by atoms with Crippen LogP contribution in [0.15, 0.2) is 0 Å². The maximum Gasteiger partial charge on any atom is 0.0753 e. The number of hydrogen-bond acceptors (Lipinski definition) is 3. The summed E-state index contributed by atoms with van der Waals surface area (Å²) in [7, 11) is 0. The number of aromatic amines is 1. The van der Waals surface area contributed by atoms with Crippen molar-refractivity contribution in [2.75, 3.05) is 19.7 Å². The number of hydrogen-bond donors (Lipinski definition) is 2. The molecular formula is C12H19N3O. The van der Waals surface area contributed by atoms with Gasteiger partial charge in [-0.2, -0.15) is 5.10 Å². The predicted molar refractivity (Wildman–Crippen MR) is 61.2 cm³/mol. The third kappa shape index (κ3) is 1.99. The highest BCUT2D eigenvalue weighted by Gasteiger charge is 2.21. The van der Waals surface area contributed by atoms with Crippen molar-refractivity contribution in [1.82, 2.24) is 15.5 Å². The number of ether oxygens (including phenoxy) is 1. The Morgan fingerprint density at radius 3 is 3.06 bits per heavy atom. The van der Waals surface area contributed by atoms with Gasteiger partial charge in [0.1, 0.15) is 0 Å². The zero-order valence-electron chi connectivity index (χ0n) is 9.59. The van der Waals surface area contributed by atoms with Gasteiger partial charge in [-0.3, -0.25) is 5.10 Å². The standard InChI is InChI=1S/C12H19N3O/c1-4-13-5-2-9(1)7-12-10-8-16-6-3-11(10)14-15-12/h9,13H,1-8H2,(H,14,15). The molecule has 0 amide bonds. The number of fused-ring (bicyclic) bond motifs is 1. The molecular weight excluding hydrogens is 202 g/mol. The van der Waals surface area contributed by atoms with Crippen molar-refractivity contribution in [3.63, 3.8) is 0 Å². The summed E-state index contributed by atoms with van der Waals surface area (Å²) in [6, 6.07) is 0. The van der Waals surface area contributed by atoms with Crippen LogP contribution in [-0.4, -0.2) is 29.9 Å². The van der Waals surface area contributed by atoms with Crippen molar-refractivity contribution in [3.8, 4) is 0 Å². The third-order valence-corrected chi connectivity index (χ3v) is 3.72. The van der Waals surface area contributed by atoms with Gasteiger partial charge in [0.25, 0.3) is 0 Å². The van der Waals surface area contributed by atoms with E-state index in [0.29, 0.717) is 0 Å². The lowest BCUT2D eigenvalue weighted by Gasteiger charge is -2.22. The number of rotatable bonds is 2. The van der Waals surface area contributed by atoms with Gasteiger partial charge in [-0.1, -0.05) is 0 Å². The van der Waals surface area contributed by atoms with Crippen molar-refractivity contribution in [1.29, 1.82) is 0 Å². The molecule has 0 radical (unpaired) electrons. The molecule has 3 rings (SSSR count). The quantitative estimate of drug-likeness (QED) is 0.784. The first kappa shape index (κ1) is 10.3. The lowest BCUT2D eigenvalue weighted by atomic mass is 9.91. The van der Waals surface area contributed by atoms with Gasteiger partial charge in [-0.25, -0.2) is 0 Å². The fraction of sp³-hybridized carbons (Fsp3) is 0.750. The maximum absolute atomic E-state index is 5.51. The van der Waals surface area contributed by atoms with E-state index in [4.69, 9.17) is 4.74 Å². The van der Waals surface area contributed by atoms with Crippen molar-refractivity contribution < 1.29 is 4.74 Å². The zero-order valence-corrected chi connectivity index (χ0v) is 9.59. The molecule has 4 heteroatoms. The summed E-state index contributed by atoms with van der Waals surface area (Å²) >= 11 is 0. The Kier molecular flexibility index (Phi) is 2.93. The Bertz CT molecular complexity index is 355. The van der Waals surface area contributed by atoms with Crippen molar-refractivity contribution >= 4 is 0 Å².